The Morgan fingerprint density at radius 3 is 2.04 bits per heavy atom. The van der Waals surface area contributed by atoms with Gasteiger partial charge in [0.05, 0.1) is 37.6 Å². The number of rotatable bonds is 10. The number of hydrogen-bond acceptors (Lipinski definition) is 11. The first kappa shape index (κ1) is 23.6. The molecule has 156 valence electrons. The lowest BCUT2D eigenvalue weighted by atomic mass is 9.84. The molecule has 0 aromatic carbocycles. The zero-order valence-corrected chi connectivity index (χ0v) is 14.5. The molecule has 0 heterocycles. The number of hydrogen-bond donors (Lipinski definition) is 9. The minimum Gasteiger partial charge on any atom is -0.394 e. The van der Waals surface area contributed by atoms with Crippen molar-refractivity contribution in [2.45, 2.75) is 55.6 Å². The normalized spacial score (nSPS) is 32.8. The van der Waals surface area contributed by atoms with E-state index in [1.165, 1.54) is 0 Å². The van der Waals surface area contributed by atoms with Crippen LogP contribution in [0.4, 0.5) is 0 Å². The van der Waals surface area contributed by atoms with Crippen LogP contribution in [0.25, 0.3) is 0 Å². The molecule has 1 rings (SSSR count). The summed E-state index contributed by atoms with van der Waals surface area (Å²) in [7, 11) is -5.15. The van der Waals surface area contributed by atoms with Gasteiger partial charge in [-0.25, -0.2) is 4.18 Å². The molecule has 0 radical (unpaired) electrons. The molecule has 0 saturated heterocycles. The first-order chi connectivity index (χ1) is 11.9. The monoisotopic (exact) mass is 406 g/mol. The third-order valence-corrected chi connectivity index (χ3v) is 5.05. The van der Waals surface area contributed by atoms with Gasteiger partial charge in [0.25, 0.3) is 0 Å². The van der Waals surface area contributed by atoms with Crippen LogP contribution in [0.3, 0.4) is 0 Å². The average Bonchev–Trinajstić information content (AvgIpc) is 2.83. The van der Waals surface area contributed by atoms with Crippen molar-refractivity contribution in [2.24, 2.45) is 11.8 Å². The Bertz CT molecular complexity index is 527. The van der Waals surface area contributed by atoms with Crippen molar-refractivity contribution >= 4 is 10.4 Å². The van der Waals surface area contributed by atoms with Gasteiger partial charge in [-0.1, -0.05) is 0 Å². The third-order valence-electron chi connectivity index (χ3n) is 4.58. The van der Waals surface area contributed by atoms with Crippen molar-refractivity contribution in [1.82, 2.24) is 0 Å². The highest BCUT2D eigenvalue weighted by Crippen LogP contribution is 2.38. The Balaban J connectivity index is 2.98. The molecule has 13 heteroatoms. The van der Waals surface area contributed by atoms with Gasteiger partial charge in [-0.2, -0.15) is 8.42 Å². The van der Waals surface area contributed by atoms with Gasteiger partial charge in [0.1, 0.15) is 18.3 Å². The van der Waals surface area contributed by atoms with Crippen LogP contribution in [-0.2, 0) is 14.6 Å². The fourth-order valence-electron chi connectivity index (χ4n) is 3.32. The van der Waals surface area contributed by atoms with Crippen LogP contribution < -0.4 is 0 Å². The highest BCUT2D eigenvalue weighted by molar-refractivity contribution is 7.80. The maximum Gasteiger partial charge on any atom is 0.397 e. The second-order valence-electron chi connectivity index (χ2n) is 6.41. The minimum absolute atomic E-state index is 0.114. The average molecular weight is 406 g/mol. The zero-order valence-electron chi connectivity index (χ0n) is 13.7. The van der Waals surface area contributed by atoms with E-state index in [2.05, 4.69) is 4.18 Å². The Morgan fingerprint density at radius 2 is 1.58 bits per heavy atom. The summed E-state index contributed by atoms with van der Waals surface area (Å²) in [5, 5.41) is 76.9. The maximum atomic E-state index is 10.9. The van der Waals surface area contributed by atoms with E-state index in [1.54, 1.807) is 0 Å². The molecule has 0 aromatic heterocycles. The van der Waals surface area contributed by atoms with E-state index in [1.807, 2.05) is 0 Å². The molecular formula is C13H26O12S. The Kier molecular flexibility index (Phi) is 8.76. The van der Waals surface area contributed by atoms with Crippen molar-refractivity contribution in [2.75, 3.05) is 13.2 Å². The summed E-state index contributed by atoms with van der Waals surface area (Å²) in [6.07, 6.45) is -12.6. The van der Waals surface area contributed by atoms with E-state index in [0.717, 1.165) is 0 Å². The van der Waals surface area contributed by atoms with Gasteiger partial charge >= 0.3 is 10.4 Å². The summed E-state index contributed by atoms with van der Waals surface area (Å²) >= 11 is 0. The van der Waals surface area contributed by atoms with Crippen molar-refractivity contribution in [3.8, 4) is 0 Å². The van der Waals surface area contributed by atoms with E-state index >= 15 is 0 Å². The summed E-state index contributed by atoms with van der Waals surface area (Å²) in [4.78, 5) is 0. The SMILES string of the molecule is O=S(=O)(O)O[C@@H]([C@H](O)[C@H](O)CO)[C@@H](O)CC1C[C@H](O)[C@H](O)[C@H]1[C@H](O)CO. The zero-order chi connectivity index (χ0) is 20.2. The quantitative estimate of drug-likeness (QED) is 0.156. The molecule has 12 nitrogen and oxygen atoms in total. The number of aliphatic hydroxyl groups excluding tert-OH is 8. The fraction of sp³-hybridized carbons (Fsp3) is 1.00. The molecule has 9 N–H and O–H groups in total. The van der Waals surface area contributed by atoms with Gasteiger partial charge in [0.15, 0.2) is 0 Å². The summed E-state index contributed by atoms with van der Waals surface area (Å²) < 4.78 is 34.9. The van der Waals surface area contributed by atoms with Crippen molar-refractivity contribution in [3.63, 3.8) is 0 Å². The van der Waals surface area contributed by atoms with Crippen LogP contribution in [0.2, 0.25) is 0 Å². The third kappa shape index (κ3) is 6.03. The van der Waals surface area contributed by atoms with Gasteiger partial charge < -0.3 is 40.9 Å². The lowest BCUT2D eigenvalue weighted by Crippen LogP contribution is -2.49. The van der Waals surface area contributed by atoms with Crippen molar-refractivity contribution in [3.05, 3.63) is 0 Å². The summed E-state index contributed by atoms with van der Waals surface area (Å²) in [6.45, 7) is -1.73. The van der Waals surface area contributed by atoms with Gasteiger partial charge in [-0.15, -0.1) is 0 Å². The second-order valence-corrected chi connectivity index (χ2v) is 7.46. The van der Waals surface area contributed by atoms with Crippen LogP contribution in [0.15, 0.2) is 0 Å². The van der Waals surface area contributed by atoms with E-state index in [0.29, 0.717) is 0 Å². The highest BCUT2D eigenvalue weighted by atomic mass is 32.3. The molecule has 1 aliphatic rings. The Labute approximate surface area is 149 Å². The molecule has 0 spiro atoms. The first-order valence-electron chi connectivity index (χ1n) is 7.88. The molecule has 1 saturated carbocycles. The Morgan fingerprint density at radius 1 is 1.00 bits per heavy atom. The predicted molar refractivity (Wildman–Crippen MR) is 82.8 cm³/mol. The molecule has 26 heavy (non-hydrogen) atoms. The standard InChI is InChI=1S/C13H26O12S/c14-3-8(18)10-5(1-6(16)11(10)20)2-7(17)13(25-26(22,23)24)12(21)9(19)4-15/h5-21H,1-4H2,(H,22,23,24)/t5?,6-,7-,8+,9+,10+,11-,12+,13+/m0/s1. The van der Waals surface area contributed by atoms with Gasteiger partial charge in [-0.3, -0.25) is 4.55 Å². The van der Waals surface area contributed by atoms with Crippen molar-refractivity contribution < 1.29 is 58.0 Å². The molecular weight excluding hydrogens is 380 g/mol. The van der Waals surface area contributed by atoms with Gasteiger partial charge in [-0.05, 0) is 18.8 Å². The molecule has 1 fully saturated rings. The molecule has 0 bridgehead atoms. The van der Waals surface area contributed by atoms with Gasteiger partial charge in [0.2, 0.25) is 0 Å². The van der Waals surface area contributed by atoms with Crippen LogP contribution >= 0.6 is 0 Å². The van der Waals surface area contributed by atoms with E-state index < -0.39 is 84.6 Å². The maximum absolute atomic E-state index is 10.9. The summed E-state index contributed by atoms with van der Waals surface area (Å²) in [5.74, 6) is -1.88. The molecule has 1 aliphatic carbocycles. The summed E-state index contributed by atoms with van der Waals surface area (Å²) in [6, 6.07) is 0. The summed E-state index contributed by atoms with van der Waals surface area (Å²) in [5.41, 5.74) is 0. The molecule has 1 unspecified atom stereocenters. The van der Waals surface area contributed by atoms with Crippen LogP contribution in [0, 0.1) is 11.8 Å². The predicted octanol–water partition coefficient (Wildman–Crippen LogP) is -4.65. The topological polar surface area (TPSA) is 225 Å². The van der Waals surface area contributed by atoms with Crippen LogP contribution in [-0.4, -0.2) is 110 Å². The molecule has 0 amide bonds. The number of aliphatic hydroxyl groups is 8. The fourth-order valence-corrected chi connectivity index (χ4v) is 3.84. The van der Waals surface area contributed by atoms with E-state index in [9.17, 15) is 39.1 Å². The van der Waals surface area contributed by atoms with Crippen LogP contribution in [0.5, 0.6) is 0 Å². The van der Waals surface area contributed by atoms with Crippen molar-refractivity contribution in [1.29, 1.82) is 0 Å². The lowest BCUT2D eigenvalue weighted by Gasteiger charge is -2.32. The lowest BCUT2D eigenvalue weighted by molar-refractivity contribution is -0.112. The highest BCUT2D eigenvalue weighted by Gasteiger charge is 2.47. The van der Waals surface area contributed by atoms with E-state index in [-0.39, 0.29) is 6.42 Å². The second kappa shape index (κ2) is 9.66. The molecule has 9 atom stereocenters. The largest absolute Gasteiger partial charge is 0.397 e. The molecule has 0 aromatic rings. The van der Waals surface area contributed by atoms with E-state index in [4.69, 9.17) is 14.8 Å². The van der Waals surface area contributed by atoms with Crippen LogP contribution in [0.1, 0.15) is 12.8 Å². The van der Waals surface area contributed by atoms with Gasteiger partial charge in [0, 0.05) is 5.92 Å². The molecule has 0 aliphatic heterocycles. The first-order valence-corrected chi connectivity index (χ1v) is 9.25. The Hall–Kier alpha value is -0.450. The minimum atomic E-state index is -5.15. The smallest absolute Gasteiger partial charge is 0.394 e.